The number of phenolic OH excluding ortho intramolecular Hbond substituents is 1. The third kappa shape index (κ3) is 4.64. The maximum absolute atomic E-state index is 12.3. The Bertz CT molecular complexity index is 812. The molecule has 0 bridgehead atoms. The largest absolute Gasteiger partial charge is 0.505 e. The predicted octanol–water partition coefficient (Wildman–Crippen LogP) is 4.00. The first-order valence-corrected chi connectivity index (χ1v) is 8.33. The first-order chi connectivity index (χ1) is 11.8. The quantitative estimate of drug-likeness (QED) is 0.555. The number of para-hydroxylation sites is 1. The number of hydrogen-bond acceptors (Lipinski definition) is 5. The van der Waals surface area contributed by atoms with Gasteiger partial charge in [0.15, 0.2) is 11.9 Å². The lowest BCUT2D eigenvalue weighted by atomic mass is 10.1. The van der Waals surface area contributed by atoms with E-state index in [9.17, 15) is 14.7 Å². The molecule has 0 aromatic heterocycles. The van der Waals surface area contributed by atoms with Crippen LogP contribution in [0.25, 0.3) is 0 Å². The van der Waals surface area contributed by atoms with E-state index < -0.39 is 18.0 Å². The second kappa shape index (κ2) is 8.22. The number of esters is 1. The summed E-state index contributed by atoms with van der Waals surface area (Å²) in [6.07, 6.45) is -0.862. The Labute approximate surface area is 157 Å². The lowest BCUT2D eigenvalue weighted by Gasteiger charge is -2.17. The second-order valence-corrected chi connectivity index (χ2v) is 6.31. The number of hydrogen-bond donors (Lipinski definition) is 2. The fourth-order valence-electron chi connectivity index (χ4n) is 1.97. The highest BCUT2D eigenvalue weighted by Gasteiger charge is 2.20. The molecule has 2 rings (SSSR count). The van der Waals surface area contributed by atoms with Crippen LogP contribution in [0.4, 0.5) is 5.69 Å². The Morgan fingerprint density at radius 2 is 2.00 bits per heavy atom. The smallest absolute Gasteiger partial charge is 0.341 e. The van der Waals surface area contributed by atoms with Gasteiger partial charge in [0, 0.05) is 5.02 Å². The molecular weight excluding hydrogens is 414 g/mol. The van der Waals surface area contributed by atoms with Crippen molar-refractivity contribution >= 4 is 45.1 Å². The minimum absolute atomic E-state index is 0.0469. The number of carbonyl (C=O) groups is 2. The standard InChI is InChI=1S/C17H15BrClNO5/c1-9(25-14-7-6-10(19)8-12(14)18)16(22)20-13-5-3-4-11(15(13)21)17(23)24-2/h3-9,21H,1-2H3,(H,20,22). The average Bonchev–Trinajstić information content (AvgIpc) is 2.58. The summed E-state index contributed by atoms with van der Waals surface area (Å²) < 4.78 is 10.8. The van der Waals surface area contributed by atoms with E-state index in [4.69, 9.17) is 16.3 Å². The molecule has 0 aliphatic carbocycles. The molecule has 0 saturated carbocycles. The number of carbonyl (C=O) groups excluding carboxylic acids is 2. The van der Waals surface area contributed by atoms with Crippen LogP contribution in [-0.4, -0.2) is 30.2 Å². The van der Waals surface area contributed by atoms with Crippen molar-refractivity contribution in [2.75, 3.05) is 12.4 Å². The zero-order valence-electron chi connectivity index (χ0n) is 13.4. The van der Waals surface area contributed by atoms with Crippen molar-refractivity contribution in [3.05, 3.63) is 51.5 Å². The maximum atomic E-state index is 12.3. The van der Waals surface area contributed by atoms with E-state index in [1.165, 1.54) is 25.3 Å². The minimum atomic E-state index is -0.862. The van der Waals surface area contributed by atoms with Crippen LogP contribution < -0.4 is 10.1 Å². The van der Waals surface area contributed by atoms with Crippen molar-refractivity contribution in [1.82, 2.24) is 0 Å². The summed E-state index contributed by atoms with van der Waals surface area (Å²) in [5.74, 6) is -1.13. The Balaban J connectivity index is 2.12. The fourth-order valence-corrected chi connectivity index (χ4v) is 2.74. The van der Waals surface area contributed by atoms with Crippen LogP contribution in [0.5, 0.6) is 11.5 Å². The number of methoxy groups -OCH3 is 1. The third-order valence-electron chi connectivity index (χ3n) is 3.27. The SMILES string of the molecule is COC(=O)c1cccc(NC(=O)C(C)Oc2ccc(Cl)cc2Br)c1O. The number of anilines is 1. The summed E-state index contributed by atoms with van der Waals surface area (Å²) in [5.41, 5.74) is 0.0350. The van der Waals surface area contributed by atoms with E-state index in [1.54, 1.807) is 25.1 Å². The van der Waals surface area contributed by atoms with Gasteiger partial charge in [-0.2, -0.15) is 0 Å². The number of phenols is 1. The summed E-state index contributed by atoms with van der Waals surface area (Å²) in [7, 11) is 1.20. The van der Waals surface area contributed by atoms with Gasteiger partial charge in [-0.3, -0.25) is 4.79 Å². The number of halogens is 2. The number of amides is 1. The summed E-state index contributed by atoms with van der Waals surface area (Å²) in [5, 5.41) is 13.2. The van der Waals surface area contributed by atoms with Crippen LogP contribution in [0.15, 0.2) is 40.9 Å². The Morgan fingerprint density at radius 3 is 2.64 bits per heavy atom. The summed E-state index contributed by atoms with van der Waals surface area (Å²) in [4.78, 5) is 23.9. The van der Waals surface area contributed by atoms with Gasteiger partial charge in [-0.1, -0.05) is 17.7 Å². The van der Waals surface area contributed by atoms with Gasteiger partial charge < -0.3 is 19.9 Å². The summed E-state index contributed by atoms with van der Waals surface area (Å²) in [6, 6.07) is 9.28. The minimum Gasteiger partial charge on any atom is -0.505 e. The molecule has 1 atom stereocenters. The number of benzene rings is 2. The molecule has 0 aliphatic rings. The first kappa shape index (κ1) is 19.1. The molecule has 25 heavy (non-hydrogen) atoms. The molecule has 0 aliphatic heterocycles. The highest BCUT2D eigenvalue weighted by Crippen LogP contribution is 2.30. The third-order valence-corrected chi connectivity index (χ3v) is 4.12. The van der Waals surface area contributed by atoms with E-state index in [0.717, 1.165) is 0 Å². The van der Waals surface area contributed by atoms with Crippen LogP contribution in [0.3, 0.4) is 0 Å². The normalized spacial score (nSPS) is 11.5. The Morgan fingerprint density at radius 1 is 1.28 bits per heavy atom. The van der Waals surface area contributed by atoms with Crippen LogP contribution >= 0.6 is 27.5 Å². The van der Waals surface area contributed by atoms with Gasteiger partial charge in [-0.25, -0.2) is 4.79 Å². The molecule has 0 spiro atoms. The zero-order valence-corrected chi connectivity index (χ0v) is 15.7. The topological polar surface area (TPSA) is 84.9 Å². The van der Waals surface area contributed by atoms with Crippen molar-refractivity contribution < 1.29 is 24.2 Å². The summed E-state index contributed by atoms with van der Waals surface area (Å²) >= 11 is 9.17. The van der Waals surface area contributed by atoms with Crippen molar-refractivity contribution in [3.8, 4) is 11.5 Å². The highest BCUT2D eigenvalue weighted by molar-refractivity contribution is 9.10. The number of aromatic hydroxyl groups is 1. The molecule has 0 fully saturated rings. The van der Waals surface area contributed by atoms with Gasteiger partial charge >= 0.3 is 5.97 Å². The second-order valence-electron chi connectivity index (χ2n) is 5.02. The molecule has 0 saturated heterocycles. The van der Waals surface area contributed by atoms with E-state index in [0.29, 0.717) is 15.2 Å². The zero-order chi connectivity index (χ0) is 18.6. The van der Waals surface area contributed by atoms with Gasteiger partial charge in [0.1, 0.15) is 11.3 Å². The molecule has 2 aromatic carbocycles. The van der Waals surface area contributed by atoms with Crippen molar-refractivity contribution in [2.24, 2.45) is 0 Å². The van der Waals surface area contributed by atoms with E-state index >= 15 is 0 Å². The Hall–Kier alpha value is -2.25. The highest BCUT2D eigenvalue weighted by atomic mass is 79.9. The summed E-state index contributed by atoms with van der Waals surface area (Å²) in [6.45, 7) is 1.55. The molecule has 6 nitrogen and oxygen atoms in total. The molecule has 2 aromatic rings. The monoisotopic (exact) mass is 427 g/mol. The maximum Gasteiger partial charge on any atom is 0.341 e. The Kier molecular flexibility index (Phi) is 6.27. The van der Waals surface area contributed by atoms with Gasteiger partial charge in [-0.15, -0.1) is 0 Å². The van der Waals surface area contributed by atoms with E-state index in [2.05, 4.69) is 26.0 Å². The lowest BCUT2D eigenvalue weighted by Crippen LogP contribution is -2.30. The van der Waals surface area contributed by atoms with Crippen LogP contribution in [0.1, 0.15) is 17.3 Å². The predicted molar refractivity (Wildman–Crippen MR) is 97.3 cm³/mol. The molecule has 1 amide bonds. The van der Waals surface area contributed by atoms with Crippen molar-refractivity contribution in [3.63, 3.8) is 0 Å². The lowest BCUT2D eigenvalue weighted by molar-refractivity contribution is -0.122. The van der Waals surface area contributed by atoms with Gasteiger partial charge in [0.05, 0.1) is 17.3 Å². The van der Waals surface area contributed by atoms with Crippen molar-refractivity contribution in [1.29, 1.82) is 0 Å². The van der Waals surface area contributed by atoms with Crippen LogP contribution in [0.2, 0.25) is 5.02 Å². The van der Waals surface area contributed by atoms with Gasteiger partial charge in [0.2, 0.25) is 0 Å². The van der Waals surface area contributed by atoms with Crippen LogP contribution in [0, 0.1) is 0 Å². The molecule has 0 radical (unpaired) electrons. The molecule has 2 N–H and O–H groups in total. The van der Waals surface area contributed by atoms with Crippen molar-refractivity contribution in [2.45, 2.75) is 13.0 Å². The molecule has 132 valence electrons. The molecular formula is C17H15BrClNO5. The number of nitrogens with one attached hydrogen (secondary N) is 1. The number of ether oxygens (including phenoxy) is 2. The van der Waals surface area contributed by atoms with Gasteiger partial charge in [-0.05, 0) is 53.2 Å². The molecule has 8 heteroatoms. The fraction of sp³-hybridized carbons (Fsp3) is 0.176. The number of rotatable bonds is 5. The molecule has 0 heterocycles. The first-order valence-electron chi connectivity index (χ1n) is 7.16. The molecule has 1 unspecified atom stereocenters. The van der Waals surface area contributed by atoms with Gasteiger partial charge in [0.25, 0.3) is 5.91 Å². The van der Waals surface area contributed by atoms with E-state index in [-0.39, 0.29) is 17.0 Å². The average molecular weight is 429 g/mol. The van der Waals surface area contributed by atoms with Crippen LogP contribution in [-0.2, 0) is 9.53 Å². The van der Waals surface area contributed by atoms with E-state index in [1.807, 2.05) is 0 Å².